The molecular weight excluding hydrogens is 395 g/mol. The molecule has 0 unspecified atom stereocenters. The minimum Gasteiger partial charge on any atom is -0.379 e. The molecule has 0 aliphatic carbocycles. The van der Waals surface area contributed by atoms with E-state index < -0.39 is 0 Å². The maximum atomic E-state index is 14.0. The first-order valence-electron chi connectivity index (χ1n) is 10.7. The Bertz CT molecular complexity index is 1010. The normalized spacial score (nSPS) is 17.2. The van der Waals surface area contributed by atoms with Gasteiger partial charge >= 0.3 is 0 Å². The largest absolute Gasteiger partial charge is 0.379 e. The number of benzene rings is 2. The number of piperazine rings is 1. The zero-order chi connectivity index (χ0) is 20.5. The summed E-state index contributed by atoms with van der Waals surface area (Å²) in [5, 5.41) is 9.49. The Hall–Kier alpha value is -2.41. The Morgan fingerprint density at radius 1 is 1.00 bits per heavy atom. The third-order valence-electron chi connectivity index (χ3n) is 5.92. The number of anilines is 3. The molecule has 0 amide bonds. The second-order valence-corrected chi connectivity index (χ2v) is 9.05. The van der Waals surface area contributed by atoms with Crippen LogP contribution in [-0.4, -0.2) is 36.1 Å². The van der Waals surface area contributed by atoms with Gasteiger partial charge in [-0.2, -0.15) is 0 Å². The van der Waals surface area contributed by atoms with Gasteiger partial charge in [0.15, 0.2) is 0 Å². The van der Waals surface area contributed by atoms with Crippen molar-refractivity contribution in [3.63, 3.8) is 0 Å². The molecule has 0 bridgehead atoms. The fourth-order valence-corrected chi connectivity index (χ4v) is 5.46. The lowest BCUT2D eigenvalue weighted by Crippen LogP contribution is -2.52. The van der Waals surface area contributed by atoms with Gasteiger partial charge in [-0.05, 0) is 36.2 Å². The highest BCUT2D eigenvalue weighted by Gasteiger charge is 2.30. The van der Waals surface area contributed by atoms with Crippen molar-refractivity contribution < 1.29 is 4.39 Å². The predicted octanol–water partition coefficient (Wildman–Crippen LogP) is 5.25. The number of hydrazine groups is 1. The Balaban J connectivity index is 1.41. The predicted molar refractivity (Wildman–Crippen MR) is 123 cm³/mol. The van der Waals surface area contributed by atoms with Gasteiger partial charge in [0.2, 0.25) is 0 Å². The van der Waals surface area contributed by atoms with E-state index in [0.717, 1.165) is 57.1 Å². The van der Waals surface area contributed by atoms with Crippen LogP contribution in [0.2, 0.25) is 0 Å². The number of thiophene rings is 1. The van der Waals surface area contributed by atoms with E-state index in [1.807, 2.05) is 17.4 Å². The number of nitrogens with zero attached hydrogens (tertiary/aromatic N) is 3. The van der Waals surface area contributed by atoms with E-state index >= 15 is 0 Å². The molecule has 6 heteroatoms. The molecule has 1 saturated heterocycles. The van der Waals surface area contributed by atoms with Gasteiger partial charge in [0.1, 0.15) is 10.8 Å². The van der Waals surface area contributed by atoms with Crippen LogP contribution in [0.15, 0.2) is 54.6 Å². The summed E-state index contributed by atoms with van der Waals surface area (Å²) in [7, 11) is 0. The molecule has 2 aromatic carbocycles. The van der Waals surface area contributed by atoms with Crippen molar-refractivity contribution in [2.75, 3.05) is 36.5 Å². The summed E-state index contributed by atoms with van der Waals surface area (Å²) in [5.41, 5.74) is 4.55. The van der Waals surface area contributed by atoms with Crippen molar-refractivity contribution in [1.82, 2.24) is 9.91 Å². The van der Waals surface area contributed by atoms with E-state index in [1.54, 1.807) is 12.1 Å². The molecule has 3 aromatic rings. The molecular formula is C24H27FN4S. The highest BCUT2D eigenvalue weighted by molar-refractivity contribution is 7.16. The molecule has 3 heterocycles. The highest BCUT2D eigenvalue weighted by Crippen LogP contribution is 2.44. The molecule has 0 saturated carbocycles. The average molecular weight is 423 g/mol. The first kappa shape index (κ1) is 19.5. The first-order chi connectivity index (χ1) is 14.7. The zero-order valence-electron chi connectivity index (χ0n) is 17.3. The number of hydrogen-bond acceptors (Lipinski definition) is 5. The molecule has 156 valence electrons. The second-order valence-electron chi connectivity index (χ2n) is 7.94. The molecule has 5 rings (SSSR count). The first-order valence-corrected chi connectivity index (χ1v) is 11.5. The van der Waals surface area contributed by atoms with Crippen molar-refractivity contribution in [2.24, 2.45) is 0 Å². The van der Waals surface area contributed by atoms with Crippen LogP contribution in [-0.2, 0) is 19.5 Å². The summed E-state index contributed by atoms with van der Waals surface area (Å²) < 4.78 is 14.0. The topological polar surface area (TPSA) is 21.8 Å². The molecule has 0 spiro atoms. The molecule has 4 nitrogen and oxygen atoms in total. The second kappa shape index (κ2) is 8.38. The Labute approximate surface area is 181 Å². The smallest absolute Gasteiger partial charge is 0.125 e. The third-order valence-corrected chi connectivity index (χ3v) is 7.21. The van der Waals surface area contributed by atoms with Crippen LogP contribution in [0.1, 0.15) is 22.9 Å². The number of halogens is 1. The van der Waals surface area contributed by atoms with Crippen LogP contribution >= 0.6 is 11.3 Å². The van der Waals surface area contributed by atoms with E-state index in [-0.39, 0.29) is 5.82 Å². The quantitative estimate of drug-likeness (QED) is 0.620. The van der Waals surface area contributed by atoms with E-state index in [0.29, 0.717) is 0 Å². The van der Waals surface area contributed by atoms with Crippen LogP contribution in [0.25, 0.3) is 0 Å². The summed E-state index contributed by atoms with van der Waals surface area (Å²) >= 11 is 1.86. The lowest BCUT2D eigenvalue weighted by molar-refractivity contribution is 0.128. The molecule has 2 aliphatic heterocycles. The molecule has 30 heavy (non-hydrogen) atoms. The fourth-order valence-electron chi connectivity index (χ4n) is 4.31. The van der Waals surface area contributed by atoms with Crippen LogP contribution in [0.5, 0.6) is 0 Å². The van der Waals surface area contributed by atoms with Gasteiger partial charge in [0.25, 0.3) is 0 Å². The van der Waals surface area contributed by atoms with Crippen LogP contribution < -0.4 is 10.3 Å². The lowest BCUT2D eigenvalue weighted by Gasteiger charge is -2.42. The number of rotatable bonds is 4. The van der Waals surface area contributed by atoms with Gasteiger partial charge in [-0.15, -0.1) is 11.3 Å². The van der Waals surface area contributed by atoms with Crippen molar-refractivity contribution in [3.8, 4) is 0 Å². The third kappa shape index (κ3) is 3.83. The van der Waals surface area contributed by atoms with Crippen LogP contribution in [0, 0.1) is 5.82 Å². The van der Waals surface area contributed by atoms with Gasteiger partial charge < -0.3 is 5.32 Å². The standard InChI is InChI=1S/C24H27FN4S/c1-2-21-14-19-16-26-22-15-20(25)8-9-23(22)29(24(19)30-21)28-12-10-27(11-13-28)17-18-6-4-3-5-7-18/h3-9,14-15,26H,2,10-13,16-17H2,1H3. The van der Waals surface area contributed by atoms with E-state index in [9.17, 15) is 4.39 Å². The SMILES string of the molecule is CCc1cc2c(s1)N(N1CCN(Cc3ccccc3)CC1)c1ccc(F)cc1NC2. The van der Waals surface area contributed by atoms with Gasteiger partial charge in [-0.25, -0.2) is 9.40 Å². The maximum absolute atomic E-state index is 14.0. The zero-order valence-corrected chi connectivity index (χ0v) is 18.1. The fraction of sp³-hybridized carbons (Fsp3) is 0.333. The molecule has 1 fully saturated rings. The summed E-state index contributed by atoms with van der Waals surface area (Å²) in [6, 6.07) is 18.1. The summed E-state index contributed by atoms with van der Waals surface area (Å²) in [6.07, 6.45) is 1.03. The molecule has 0 radical (unpaired) electrons. The van der Waals surface area contributed by atoms with Crippen molar-refractivity contribution in [2.45, 2.75) is 26.4 Å². The molecule has 1 aromatic heterocycles. The highest BCUT2D eigenvalue weighted by atomic mass is 32.1. The monoisotopic (exact) mass is 422 g/mol. The van der Waals surface area contributed by atoms with E-state index in [2.05, 4.69) is 63.6 Å². The van der Waals surface area contributed by atoms with Crippen molar-refractivity contribution in [1.29, 1.82) is 0 Å². The Morgan fingerprint density at radius 2 is 1.80 bits per heavy atom. The van der Waals surface area contributed by atoms with Gasteiger partial charge in [0, 0.05) is 49.7 Å². The summed E-state index contributed by atoms with van der Waals surface area (Å²) in [5.74, 6) is -0.201. The van der Waals surface area contributed by atoms with Gasteiger partial charge in [-0.3, -0.25) is 9.91 Å². The van der Waals surface area contributed by atoms with E-state index in [4.69, 9.17) is 0 Å². The molecule has 2 aliphatic rings. The lowest BCUT2D eigenvalue weighted by atomic mass is 10.2. The number of nitrogens with one attached hydrogen (secondary N) is 1. The number of aryl methyl sites for hydroxylation is 1. The van der Waals surface area contributed by atoms with Crippen LogP contribution in [0.3, 0.4) is 0 Å². The van der Waals surface area contributed by atoms with Crippen molar-refractivity contribution in [3.05, 3.63) is 76.4 Å². The average Bonchev–Trinajstić information content (AvgIpc) is 3.12. The minimum atomic E-state index is -0.201. The summed E-state index contributed by atoms with van der Waals surface area (Å²) in [6.45, 7) is 7.84. The van der Waals surface area contributed by atoms with E-state index in [1.165, 1.54) is 21.0 Å². The van der Waals surface area contributed by atoms with Crippen molar-refractivity contribution >= 4 is 27.7 Å². The van der Waals surface area contributed by atoms with Gasteiger partial charge in [0.05, 0.1) is 11.4 Å². The summed E-state index contributed by atoms with van der Waals surface area (Å²) in [4.78, 5) is 3.90. The Kier molecular flexibility index (Phi) is 5.46. The molecule has 0 atom stereocenters. The number of fused-ring (bicyclic) bond motifs is 2. The Morgan fingerprint density at radius 3 is 2.57 bits per heavy atom. The minimum absolute atomic E-state index is 0.201. The van der Waals surface area contributed by atoms with Crippen LogP contribution in [0.4, 0.5) is 20.8 Å². The molecule has 1 N–H and O–H groups in total. The maximum Gasteiger partial charge on any atom is 0.125 e. The van der Waals surface area contributed by atoms with Gasteiger partial charge in [-0.1, -0.05) is 37.3 Å². The number of hydrogen-bond donors (Lipinski definition) is 1.